The van der Waals surface area contributed by atoms with Gasteiger partial charge in [-0.25, -0.2) is 0 Å². The Kier molecular flexibility index (Phi) is 3.49. The first-order valence-electron chi connectivity index (χ1n) is 6.94. The molecule has 0 spiro atoms. The van der Waals surface area contributed by atoms with Gasteiger partial charge < -0.3 is 9.67 Å². The van der Waals surface area contributed by atoms with Crippen LogP contribution in [-0.2, 0) is 17.6 Å². The van der Waals surface area contributed by atoms with Gasteiger partial charge in [0.1, 0.15) is 12.4 Å². The van der Waals surface area contributed by atoms with Crippen molar-refractivity contribution in [2.45, 2.75) is 77.4 Å². The summed E-state index contributed by atoms with van der Waals surface area (Å²) in [6.45, 7) is 8.68. The fourth-order valence-corrected chi connectivity index (χ4v) is 3.07. The van der Waals surface area contributed by atoms with Gasteiger partial charge in [0.05, 0.1) is 0 Å². The van der Waals surface area contributed by atoms with Crippen LogP contribution in [0.1, 0.15) is 71.4 Å². The topological polar surface area (TPSA) is 50.9 Å². The molecule has 1 aliphatic carbocycles. The third kappa shape index (κ3) is 2.30. The van der Waals surface area contributed by atoms with Crippen molar-refractivity contribution >= 4 is 0 Å². The Morgan fingerprint density at radius 2 is 1.78 bits per heavy atom. The summed E-state index contributed by atoms with van der Waals surface area (Å²) in [5.74, 6) is 1.74. The Bertz CT molecular complexity index is 411. The lowest BCUT2D eigenvalue weighted by atomic mass is 9.74. The van der Waals surface area contributed by atoms with Crippen LogP contribution in [0.3, 0.4) is 0 Å². The molecule has 18 heavy (non-hydrogen) atoms. The van der Waals surface area contributed by atoms with E-state index in [0.717, 1.165) is 5.82 Å². The van der Waals surface area contributed by atoms with E-state index in [2.05, 4.69) is 42.5 Å². The summed E-state index contributed by atoms with van der Waals surface area (Å²) in [4.78, 5) is 0. The lowest BCUT2D eigenvalue weighted by Gasteiger charge is -2.36. The zero-order valence-electron chi connectivity index (χ0n) is 12.0. The summed E-state index contributed by atoms with van der Waals surface area (Å²) in [7, 11) is 0. The van der Waals surface area contributed by atoms with Gasteiger partial charge in [0.25, 0.3) is 0 Å². The van der Waals surface area contributed by atoms with E-state index in [9.17, 15) is 5.11 Å². The van der Waals surface area contributed by atoms with Crippen LogP contribution in [0, 0.1) is 0 Å². The molecule has 1 fully saturated rings. The molecule has 102 valence electrons. The van der Waals surface area contributed by atoms with Gasteiger partial charge in [0.15, 0.2) is 5.82 Å². The molecule has 0 amide bonds. The van der Waals surface area contributed by atoms with E-state index in [1.54, 1.807) is 0 Å². The molecular formula is C14H25N3O. The summed E-state index contributed by atoms with van der Waals surface area (Å²) >= 11 is 0. The first-order chi connectivity index (χ1) is 8.38. The highest BCUT2D eigenvalue weighted by molar-refractivity contribution is 5.13. The number of aromatic nitrogens is 3. The molecule has 0 aliphatic heterocycles. The normalized spacial score (nSPS) is 20.1. The molecule has 1 heterocycles. The van der Waals surface area contributed by atoms with E-state index >= 15 is 0 Å². The molecule has 0 aromatic carbocycles. The Morgan fingerprint density at radius 1 is 1.17 bits per heavy atom. The maximum Gasteiger partial charge on any atom is 0.159 e. The molecule has 2 rings (SSSR count). The van der Waals surface area contributed by atoms with E-state index in [1.165, 1.54) is 32.1 Å². The van der Waals surface area contributed by atoms with Gasteiger partial charge >= 0.3 is 0 Å². The summed E-state index contributed by atoms with van der Waals surface area (Å²) in [5.41, 5.74) is 0.0311. The van der Waals surface area contributed by atoms with Crippen LogP contribution in [0.15, 0.2) is 0 Å². The van der Waals surface area contributed by atoms with Crippen LogP contribution in [0.5, 0.6) is 0 Å². The van der Waals surface area contributed by atoms with E-state index in [-0.39, 0.29) is 17.6 Å². The number of rotatable bonds is 2. The number of hydrogen-bond acceptors (Lipinski definition) is 3. The summed E-state index contributed by atoms with van der Waals surface area (Å²) in [6, 6.07) is 0. The Labute approximate surface area is 109 Å². The molecule has 0 unspecified atom stereocenters. The molecular weight excluding hydrogens is 226 g/mol. The predicted molar refractivity (Wildman–Crippen MR) is 71.4 cm³/mol. The second kappa shape index (κ2) is 4.65. The lowest BCUT2D eigenvalue weighted by Crippen LogP contribution is -2.35. The van der Waals surface area contributed by atoms with Crippen molar-refractivity contribution in [3.05, 3.63) is 11.6 Å². The molecule has 0 atom stereocenters. The van der Waals surface area contributed by atoms with E-state index in [4.69, 9.17) is 0 Å². The van der Waals surface area contributed by atoms with Crippen LogP contribution in [-0.4, -0.2) is 19.9 Å². The second-order valence-corrected chi connectivity index (χ2v) is 6.73. The summed E-state index contributed by atoms with van der Waals surface area (Å²) < 4.78 is 2.14. The van der Waals surface area contributed by atoms with Gasteiger partial charge in [-0.15, -0.1) is 10.2 Å². The van der Waals surface area contributed by atoms with E-state index < -0.39 is 0 Å². The molecule has 0 saturated heterocycles. The maximum absolute atomic E-state index is 9.45. The number of aliphatic hydroxyl groups excluding tert-OH is 1. The molecule has 1 saturated carbocycles. The maximum atomic E-state index is 9.45. The van der Waals surface area contributed by atoms with Crippen molar-refractivity contribution in [2.75, 3.05) is 0 Å². The average molecular weight is 251 g/mol. The van der Waals surface area contributed by atoms with Crippen molar-refractivity contribution in [1.82, 2.24) is 14.8 Å². The number of hydrogen-bond donors (Lipinski definition) is 1. The molecule has 0 radical (unpaired) electrons. The minimum absolute atomic E-state index is 0.0413. The van der Waals surface area contributed by atoms with Crippen molar-refractivity contribution < 1.29 is 5.11 Å². The second-order valence-electron chi connectivity index (χ2n) is 6.73. The zero-order valence-corrected chi connectivity index (χ0v) is 12.0. The highest BCUT2D eigenvalue weighted by atomic mass is 16.3. The first-order valence-corrected chi connectivity index (χ1v) is 6.94. The minimum atomic E-state index is -0.0860. The fourth-order valence-electron chi connectivity index (χ4n) is 3.07. The zero-order chi connectivity index (χ0) is 13.4. The largest absolute Gasteiger partial charge is 0.388 e. The Morgan fingerprint density at radius 3 is 2.28 bits per heavy atom. The van der Waals surface area contributed by atoms with Gasteiger partial charge in [-0.3, -0.25) is 0 Å². The van der Waals surface area contributed by atoms with Crippen LogP contribution < -0.4 is 0 Å². The molecule has 4 nitrogen and oxygen atoms in total. The van der Waals surface area contributed by atoms with Gasteiger partial charge in [-0.1, -0.05) is 26.2 Å². The van der Waals surface area contributed by atoms with Gasteiger partial charge in [-0.2, -0.15) is 0 Å². The summed E-state index contributed by atoms with van der Waals surface area (Å²) in [6.07, 6.45) is 6.20. The molecule has 1 N–H and O–H groups in total. The standard InChI is InChI=1S/C14H25N3O/c1-13(2,3)17-11(10-18)15-16-12(17)14(4)8-6-5-7-9-14/h18H,5-10H2,1-4H3. The third-order valence-electron chi connectivity index (χ3n) is 4.04. The van der Waals surface area contributed by atoms with Gasteiger partial charge in [0, 0.05) is 11.0 Å². The van der Waals surface area contributed by atoms with Crippen molar-refractivity contribution in [2.24, 2.45) is 0 Å². The SMILES string of the molecule is CC1(c2nnc(CO)n2C(C)(C)C)CCCCC1. The molecule has 4 heteroatoms. The first kappa shape index (κ1) is 13.5. The van der Waals surface area contributed by atoms with Crippen LogP contribution in [0.25, 0.3) is 0 Å². The Hall–Kier alpha value is -0.900. The monoisotopic (exact) mass is 251 g/mol. The molecule has 1 aromatic heterocycles. The van der Waals surface area contributed by atoms with Crippen molar-refractivity contribution in [3.63, 3.8) is 0 Å². The fraction of sp³-hybridized carbons (Fsp3) is 0.857. The highest BCUT2D eigenvalue weighted by Gasteiger charge is 2.37. The predicted octanol–water partition coefficient (Wildman–Crippen LogP) is 2.75. The number of nitrogens with zero attached hydrogens (tertiary/aromatic N) is 3. The van der Waals surface area contributed by atoms with Gasteiger partial charge in [0.2, 0.25) is 0 Å². The van der Waals surface area contributed by atoms with Crippen LogP contribution >= 0.6 is 0 Å². The lowest BCUT2D eigenvalue weighted by molar-refractivity contribution is 0.232. The molecule has 1 aliphatic rings. The Balaban J connectivity index is 2.47. The molecule has 0 bridgehead atoms. The highest BCUT2D eigenvalue weighted by Crippen LogP contribution is 2.39. The quantitative estimate of drug-likeness (QED) is 0.879. The van der Waals surface area contributed by atoms with Gasteiger partial charge in [-0.05, 0) is 33.6 Å². The average Bonchev–Trinajstić information content (AvgIpc) is 2.74. The molecule has 1 aromatic rings. The smallest absolute Gasteiger partial charge is 0.159 e. The van der Waals surface area contributed by atoms with E-state index in [1.807, 2.05) is 0 Å². The summed E-state index contributed by atoms with van der Waals surface area (Å²) in [5, 5.41) is 18.0. The van der Waals surface area contributed by atoms with Crippen molar-refractivity contribution in [1.29, 1.82) is 0 Å². The number of aliphatic hydroxyl groups is 1. The van der Waals surface area contributed by atoms with Crippen molar-refractivity contribution in [3.8, 4) is 0 Å². The van der Waals surface area contributed by atoms with Crippen LogP contribution in [0.4, 0.5) is 0 Å². The third-order valence-corrected chi connectivity index (χ3v) is 4.04. The minimum Gasteiger partial charge on any atom is -0.388 e. The van der Waals surface area contributed by atoms with E-state index in [0.29, 0.717) is 5.82 Å². The van der Waals surface area contributed by atoms with Crippen LogP contribution in [0.2, 0.25) is 0 Å².